The maximum atomic E-state index is 12.7. The molecule has 5 aromatic rings. The van der Waals surface area contributed by atoms with E-state index in [2.05, 4.69) is 22.1 Å². The first kappa shape index (κ1) is 16.4. The summed E-state index contributed by atoms with van der Waals surface area (Å²) in [7, 11) is 0. The summed E-state index contributed by atoms with van der Waals surface area (Å²) in [5, 5.41) is 15.4. The lowest BCUT2D eigenvalue weighted by Crippen LogP contribution is -2.15. The number of carbonyl (C=O) groups excluding carboxylic acids is 1. The fourth-order valence-electron chi connectivity index (χ4n) is 3.41. The maximum absolute atomic E-state index is 12.7. The summed E-state index contributed by atoms with van der Waals surface area (Å²) in [6, 6.07) is 12.2. The van der Waals surface area contributed by atoms with Crippen LogP contribution in [0.2, 0.25) is 0 Å². The van der Waals surface area contributed by atoms with Crippen LogP contribution in [0.15, 0.2) is 52.2 Å². The van der Waals surface area contributed by atoms with Gasteiger partial charge in [0.25, 0.3) is 5.91 Å². The fraction of sp³-hybridized carbons (Fsp3) is 0. The lowest BCUT2D eigenvalue weighted by atomic mass is 10.1. The molecule has 0 saturated heterocycles. The fourth-order valence-corrected chi connectivity index (χ4v) is 7.36. The number of aromatic amines is 1. The minimum Gasteiger partial charge on any atom is -0.494 e. The highest BCUT2D eigenvalue weighted by Gasteiger charge is 2.28. The third-order valence-corrected chi connectivity index (χ3v) is 9.03. The Morgan fingerprint density at radius 2 is 1.64 bits per heavy atom. The van der Waals surface area contributed by atoms with Crippen molar-refractivity contribution < 1.29 is 9.90 Å². The Labute approximate surface area is 174 Å². The minimum absolute atomic E-state index is 0.0245. The number of rotatable bonds is 3. The number of aromatic hydroxyl groups is 1. The molecule has 6 heterocycles. The summed E-state index contributed by atoms with van der Waals surface area (Å²) >= 11 is 6.47. The second-order valence-corrected chi connectivity index (χ2v) is 10.3. The van der Waals surface area contributed by atoms with Crippen molar-refractivity contribution in [2.24, 2.45) is 4.99 Å². The molecular formula is C20H10N2O2S4. The van der Waals surface area contributed by atoms with E-state index < -0.39 is 0 Å². The topological polar surface area (TPSA) is 65.4 Å². The zero-order valence-corrected chi connectivity index (χ0v) is 17.3. The maximum Gasteiger partial charge on any atom is 0.279 e. The van der Waals surface area contributed by atoms with Gasteiger partial charge < -0.3 is 10.1 Å². The van der Waals surface area contributed by atoms with Crippen LogP contribution in [0.4, 0.5) is 0 Å². The van der Waals surface area contributed by atoms with Crippen LogP contribution < -0.4 is 9.89 Å². The highest BCUT2D eigenvalue weighted by molar-refractivity contribution is 7.26. The summed E-state index contributed by atoms with van der Waals surface area (Å²) in [6.45, 7) is 0. The first-order chi connectivity index (χ1) is 13.7. The molecule has 2 N–H and O–H groups in total. The van der Waals surface area contributed by atoms with E-state index in [4.69, 9.17) is 0 Å². The van der Waals surface area contributed by atoms with Gasteiger partial charge in [0.05, 0.1) is 31.2 Å². The predicted octanol–water partition coefficient (Wildman–Crippen LogP) is 4.81. The third kappa shape index (κ3) is 2.32. The van der Waals surface area contributed by atoms with E-state index in [1.165, 1.54) is 4.88 Å². The molecule has 6 rings (SSSR count). The quantitative estimate of drug-likeness (QED) is 0.424. The van der Waals surface area contributed by atoms with Crippen molar-refractivity contribution in [1.29, 1.82) is 0 Å². The number of nitrogens with zero attached hydrogens (tertiary/aromatic N) is 1. The number of nitrogens with one attached hydrogen (secondary N) is 1. The van der Waals surface area contributed by atoms with Crippen LogP contribution in [0.25, 0.3) is 35.3 Å². The van der Waals surface area contributed by atoms with Crippen molar-refractivity contribution in [1.82, 2.24) is 4.98 Å². The average molecular weight is 439 g/mol. The van der Waals surface area contributed by atoms with Crippen molar-refractivity contribution in [3.8, 4) is 25.4 Å². The van der Waals surface area contributed by atoms with E-state index in [1.807, 2.05) is 35.0 Å². The summed E-state index contributed by atoms with van der Waals surface area (Å²) in [5.74, 6) is -0.266. The van der Waals surface area contributed by atoms with E-state index in [0.29, 0.717) is 16.5 Å². The largest absolute Gasteiger partial charge is 0.494 e. The first-order valence-electron chi connectivity index (χ1n) is 8.39. The number of hydrogen-bond donors (Lipinski definition) is 2. The molecule has 0 fully saturated rings. The van der Waals surface area contributed by atoms with Crippen LogP contribution in [0.5, 0.6) is 5.88 Å². The second kappa shape index (κ2) is 5.99. The monoisotopic (exact) mass is 438 g/mol. The van der Waals surface area contributed by atoms with Gasteiger partial charge in [-0.3, -0.25) is 4.79 Å². The number of fused-ring (bicyclic) bond motifs is 2. The Morgan fingerprint density at radius 1 is 0.929 bits per heavy atom. The molecule has 1 aliphatic heterocycles. The number of hydrogen-bond acceptors (Lipinski definition) is 6. The van der Waals surface area contributed by atoms with Crippen LogP contribution in [0, 0.1) is 0 Å². The lowest BCUT2D eigenvalue weighted by Gasteiger charge is -1.99. The second-order valence-electron chi connectivity index (χ2n) is 6.27. The number of H-pyrrole nitrogens is 1. The van der Waals surface area contributed by atoms with Gasteiger partial charge in [-0.1, -0.05) is 12.1 Å². The molecule has 1 aliphatic rings. The van der Waals surface area contributed by atoms with Gasteiger partial charge in [0.15, 0.2) is 5.88 Å². The number of amides is 1. The molecule has 28 heavy (non-hydrogen) atoms. The molecule has 0 spiro atoms. The average Bonchev–Trinajstić information content (AvgIpc) is 3.46. The van der Waals surface area contributed by atoms with Crippen molar-refractivity contribution in [2.75, 3.05) is 0 Å². The molecule has 0 radical (unpaired) electrons. The van der Waals surface area contributed by atoms with Crippen LogP contribution in [0.3, 0.4) is 0 Å². The predicted molar refractivity (Wildman–Crippen MR) is 117 cm³/mol. The van der Waals surface area contributed by atoms with Gasteiger partial charge in [-0.15, -0.1) is 45.3 Å². The summed E-state index contributed by atoms with van der Waals surface area (Å²) in [5.41, 5.74) is 1.89. The van der Waals surface area contributed by atoms with Crippen LogP contribution in [-0.2, 0) is 4.79 Å². The summed E-state index contributed by atoms with van der Waals surface area (Å²) < 4.78 is 1.72. The highest BCUT2D eigenvalue weighted by atomic mass is 32.1. The molecule has 136 valence electrons. The normalized spacial score (nSPS) is 13.4. The van der Waals surface area contributed by atoms with Gasteiger partial charge in [-0.2, -0.15) is 0 Å². The molecule has 4 nitrogen and oxygen atoms in total. The summed E-state index contributed by atoms with van der Waals surface area (Å²) in [4.78, 5) is 24.5. The summed E-state index contributed by atoms with van der Waals surface area (Å²) in [6.07, 6.45) is 0. The minimum atomic E-state index is -0.291. The molecule has 0 atom stereocenters. The molecule has 0 unspecified atom stereocenters. The molecule has 1 amide bonds. The van der Waals surface area contributed by atoms with Crippen molar-refractivity contribution in [3.63, 3.8) is 0 Å². The molecule has 8 heteroatoms. The van der Waals surface area contributed by atoms with Gasteiger partial charge in [-0.05, 0) is 35.0 Å². The Bertz CT molecular complexity index is 1480. The smallest absolute Gasteiger partial charge is 0.279 e. The molecular weight excluding hydrogens is 429 g/mol. The van der Waals surface area contributed by atoms with Gasteiger partial charge in [0.2, 0.25) is 0 Å². The Morgan fingerprint density at radius 3 is 2.32 bits per heavy atom. The van der Waals surface area contributed by atoms with Gasteiger partial charge in [-0.25, -0.2) is 4.99 Å². The zero-order chi connectivity index (χ0) is 18.8. The van der Waals surface area contributed by atoms with Crippen LogP contribution in [-0.4, -0.2) is 16.0 Å². The number of thiophene rings is 4. The van der Waals surface area contributed by atoms with Crippen molar-refractivity contribution in [2.45, 2.75) is 0 Å². The first-order valence-corrected chi connectivity index (χ1v) is 11.8. The van der Waals surface area contributed by atoms with E-state index in [1.54, 1.807) is 45.3 Å². The molecule has 5 aromatic heterocycles. The zero-order valence-electron chi connectivity index (χ0n) is 14.1. The van der Waals surface area contributed by atoms with E-state index in [-0.39, 0.29) is 11.8 Å². The SMILES string of the molecule is O=C1N=c2cc(-c3cccs3)sc2=C1c1c(O)[nH]c2cc(-c3cccs3)sc12. The van der Waals surface area contributed by atoms with Crippen LogP contribution >= 0.6 is 45.3 Å². The molecule has 0 aliphatic carbocycles. The Kier molecular flexibility index (Phi) is 3.51. The molecule has 0 bridgehead atoms. The van der Waals surface area contributed by atoms with E-state index in [0.717, 1.165) is 29.4 Å². The van der Waals surface area contributed by atoms with Crippen LogP contribution in [0.1, 0.15) is 5.56 Å². The van der Waals surface area contributed by atoms with Gasteiger partial charge in [0, 0.05) is 19.5 Å². The Hall–Kier alpha value is -2.52. The highest BCUT2D eigenvalue weighted by Crippen LogP contribution is 2.43. The standard InChI is InChI=1S/C20H10N2O2S4/c23-19-15(17-9(21-19)7-13(27-17)11-3-1-5-25-11)16-18-10(22-20(16)24)8-14(28-18)12-4-2-6-26-12/h1-8,21,23H. The molecule has 0 saturated carbocycles. The lowest BCUT2D eigenvalue weighted by molar-refractivity contribution is -0.112. The third-order valence-electron chi connectivity index (χ3n) is 4.60. The van der Waals surface area contributed by atoms with Gasteiger partial charge >= 0.3 is 0 Å². The molecule has 0 aromatic carbocycles. The number of aromatic nitrogens is 1. The Balaban J connectivity index is 1.61. The van der Waals surface area contributed by atoms with Crippen molar-refractivity contribution >= 4 is 67.0 Å². The van der Waals surface area contributed by atoms with E-state index >= 15 is 0 Å². The van der Waals surface area contributed by atoms with E-state index in [9.17, 15) is 9.90 Å². The van der Waals surface area contributed by atoms with Gasteiger partial charge in [0.1, 0.15) is 0 Å². The van der Waals surface area contributed by atoms with Crippen molar-refractivity contribution in [3.05, 3.63) is 62.6 Å². The number of carbonyl (C=O) groups is 1.